The Hall–Kier alpha value is -2.70. The van der Waals surface area contributed by atoms with E-state index in [-0.39, 0.29) is 5.91 Å². The first-order valence-electron chi connectivity index (χ1n) is 9.93. The van der Waals surface area contributed by atoms with Crippen molar-refractivity contribution in [3.05, 3.63) is 63.0 Å². The van der Waals surface area contributed by atoms with Crippen molar-refractivity contribution in [1.29, 1.82) is 0 Å². The molecule has 0 unspecified atom stereocenters. The fourth-order valence-electron chi connectivity index (χ4n) is 3.62. The van der Waals surface area contributed by atoms with Gasteiger partial charge < -0.3 is 10.1 Å². The molecular weight excluding hydrogens is 394 g/mol. The van der Waals surface area contributed by atoms with Gasteiger partial charge in [-0.1, -0.05) is 17.7 Å². The number of benzene rings is 2. The summed E-state index contributed by atoms with van der Waals surface area (Å²) in [7, 11) is 3.60. The molecule has 0 radical (unpaired) electrons. The molecule has 0 saturated carbocycles. The maximum absolute atomic E-state index is 12.6. The number of methoxy groups -OCH3 is 1. The van der Waals surface area contributed by atoms with Crippen molar-refractivity contribution < 1.29 is 9.53 Å². The van der Waals surface area contributed by atoms with E-state index in [0.717, 1.165) is 38.8 Å². The molecular formula is C24H29N3O2S. The first-order valence-corrected chi connectivity index (χ1v) is 10.8. The Balaban J connectivity index is 1.63. The van der Waals surface area contributed by atoms with Crippen molar-refractivity contribution in [3.63, 3.8) is 0 Å². The molecule has 1 aromatic heterocycles. The van der Waals surface area contributed by atoms with Crippen LogP contribution in [0.3, 0.4) is 0 Å². The van der Waals surface area contributed by atoms with E-state index in [0.29, 0.717) is 13.1 Å². The van der Waals surface area contributed by atoms with Crippen molar-refractivity contribution in [2.75, 3.05) is 26.0 Å². The highest BCUT2D eigenvalue weighted by molar-refractivity contribution is 7.12. The minimum absolute atomic E-state index is 0.0174. The number of aryl methyl sites for hydroxylation is 4. The molecule has 158 valence electrons. The number of ether oxygens (including phenoxy) is 1. The number of likely N-dealkylation sites (N-methyl/N-ethyl adjacent to an activating group) is 1. The molecule has 0 bridgehead atoms. The van der Waals surface area contributed by atoms with Gasteiger partial charge in [0.25, 0.3) is 0 Å². The van der Waals surface area contributed by atoms with Crippen molar-refractivity contribution >= 4 is 22.9 Å². The summed E-state index contributed by atoms with van der Waals surface area (Å²) in [5, 5.41) is 4.06. The highest BCUT2D eigenvalue weighted by atomic mass is 32.1. The van der Waals surface area contributed by atoms with E-state index in [1.54, 1.807) is 18.4 Å². The van der Waals surface area contributed by atoms with Crippen LogP contribution in [0, 0.1) is 27.7 Å². The van der Waals surface area contributed by atoms with E-state index >= 15 is 0 Å². The molecule has 0 fully saturated rings. The van der Waals surface area contributed by atoms with Crippen molar-refractivity contribution in [2.45, 2.75) is 34.2 Å². The largest absolute Gasteiger partial charge is 0.497 e. The van der Waals surface area contributed by atoms with Gasteiger partial charge in [-0.2, -0.15) is 0 Å². The summed E-state index contributed by atoms with van der Waals surface area (Å²) in [6, 6.07) is 12.1. The summed E-state index contributed by atoms with van der Waals surface area (Å²) in [5.74, 6) is 0.813. The zero-order valence-electron chi connectivity index (χ0n) is 18.5. The van der Waals surface area contributed by atoms with Crippen LogP contribution in [-0.2, 0) is 11.3 Å². The molecule has 0 aliphatic rings. The number of anilines is 1. The van der Waals surface area contributed by atoms with Crippen LogP contribution in [0.15, 0.2) is 36.4 Å². The second-order valence-corrected chi connectivity index (χ2v) is 9.02. The predicted octanol–water partition coefficient (Wildman–Crippen LogP) is 5.12. The number of nitrogens with one attached hydrogen (secondary N) is 1. The van der Waals surface area contributed by atoms with E-state index in [4.69, 9.17) is 9.72 Å². The Morgan fingerprint density at radius 1 is 1.10 bits per heavy atom. The third kappa shape index (κ3) is 5.26. The molecule has 6 heteroatoms. The first-order chi connectivity index (χ1) is 14.3. The Kier molecular flexibility index (Phi) is 6.90. The Labute approximate surface area is 182 Å². The maximum atomic E-state index is 12.6. The lowest BCUT2D eigenvalue weighted by molar-refractivity contribution is -0.117. The van der Waals surface area contributed by atoms with Crippen molar-refractivity contribution in [3.8, 4) is 17.0 Å². The van der Waals surface area contributed by atoms with Gasteiger partial charge in [0.1, 0.15) is 10.8 Å². The predicted molar refractivity (Wildman–Crippen MR) is 124 cm³/mol. The Bertz CT molecular complexity index is 1020. The van der Waals surface area contributed by atoms with E-state index in [2.05, 4.69) is 31.3 Å². The number of aromatic nitrogens is 1. The summed E-state index contributed by atoms with van der Waals surface area (Å²) in [5.41, 5.74) is 6.34. The minimum Gasteiger partial charge on any atom is -0.497 e. The Morgan fingerprint density at radius 2 is 1.73 bits per heavy atom. The SMILES string of the molecule is COc1ccc(-c2nc(CN(C)CC(=O)Nc3c(C)cc(C)cc3C)sc2C)cc1. The third-order valence-electron chi connectivity index (χ3n) is 4.96. The van der Waals surface area contributed by atoms with E-state index in [1.165, 1.54) is 10.4 Å². The lowest BCUT2D eigenvalue weighted by Gasteiger charge is -2.17. The zero-order valence-corrected chi connectivity index (χ0v) is 19.3. The highest BCUT2D eigenvalue weighted by Gasteiger charge is 2.15. The van der Waals surface area contributed by atoms with Gasteiger partial charge in [-0.05, 0) is 70.1 Å². The normalized spacial score (nSPS) is 11.0. The summed E-state index contributed by atoms with van der Waals surface area (Å²) >= 11 is 1.67. The van der Waals surface area contributed by atoms with Gasteiger partial charge in [-0.25, -0.2) is 4.98 Å². The Morgan fingerprint density at radius 3 is 2.33 bits per heavy atom. The molecule has 0 saturated heterocycles. The number of rotatable bonds is 7. The molecule has 0 aliphatic heterocycles. The quantitative estimate of drug-likeness (QED) is 0.573. The van der Waals surface area contributed by atoms with Crippen LogP contribution in [-0.4, -0.2) is 36.5 Å². The van der Waals surface area contributed by atoms with E-state index in [1.807, 2.05) is 50.1 Å². The zero-order chi connectivity index (χ0) is 21.8. The fraction of sp³-hybridized carbons (Fsp3) is 0.333. The first kappa shape index (κ1) is 22.0. The molecule has 1 heterocycles. The second kappa shape index (κ2) is 9.41. The fourth-order valence-corrected chi connectivity index (χ4v) is 4.66. The average Bonchev–Trinajstić information content (AvgIpc) is 3.04. The molecule has 2 aromatic carbocycles. The van der Waals surface area contributed by atoms with Crippen molar-refractivity contribution in [2.24, 2.45) is 0 Å². The van der Waals surface area contributed by atoms with Gasteiger partial charge in [0.05, 0.1) is 25.9 Å². The van der Waals surface area contributed by atoms with E-state index < -0.39 is 0 Å². The number of hydrogen-bond donors (Lipinski definition) is 1. The molecule has 1 N–H and O–H groups in total. The van der Waals surface area contributed by atoms with Gasteiger partial charge in [-0.15, -0.1) is 11.3 Å². The lowest BCUT2D eigenvalue weighted by atomic mass is 10.1. The standard InChI is InChI=1S/C24H29N3O2S/c1-15-11-16(2)23(17(3)12-15)25-21(28)13-27(5)14-22-26-24(18(4)30-22)19-7-9-20(29-6)10-8-19/h7-12H,13-14H2,1-6H3,(H,25,28). The molecule has 0 spiro atoms. The van der Waals surface area contributed by atoms with E-state index in [9.17, 15) is 4.79 Å². The summed E-state index contributed by atoms with van der Waals surface area (Å²) in [4.78, 5) is 20.5. The van der Waals surface area contributed by atoms with Crippen LogP contribution in [0.25, 0.3) is 11.3 Å². The molecule has 0 atom stereocenters. The lowest BCUT2D eigenvalue weighted by Crippen LogP contribution is -2.30. The maximum Gasteiger partial charge on any atom is 0.238 e. The van der Waals surface area contributed by atoms with Gasteiger partial charge >= 0.3 is 0 Å². The third-order valence-corrected chi connectivity index (χ3v) is 5.92. The van der Waals surface area contributed by atoms with Gasteiger partial charge in [0.15, 0.2) is 0 Å². The van der Waals surface area contributed by atoms with Crippen molar-refractivity contribution in [1.82, 2.24) is 9.88 Å². The smallest absolute Gasteiger partial charge is 0.238 e. The summed E-state index contributed by atoms with van der Waals surface area (Å²) in [6.45, 7) is 9.13. The van der Waals surface area contributed by atoms with Crippen LogP contribution >= 0.6 is 11.3 Å². The number of thiazole rings is 1. The second-order valence-electron chi connectivity index (χ2n) is 7.74. The molecule has 30 heavy (non-hydrogen) atoms. The number of hydrogen-bond acceptors (Lipinski definition) is 5. The van der Waals surface area contributed by atoms with Crippen LogP contribution in [0.1, 0.15) is 26.6 Å². The van der Waals surface area contributed by atoms with Crippen LogP contribution in [0.4, 0.5) is 5.69 Å². The summed E-state index contributed by atoms with van der Waals surface area (Å²) < 4.78 is 5.23. The van der Waals surface area contributed by atoms with Gasteiger partial charge in [-0.3, -0.25) is 9.69 Å². The van der Waals surface area contributed by atoms with Crippen LogP contribution in [0.5, 0.6) is 5.75 Å². The minimum atomic E-state index is -0.0174. The van der Waals surface area contributed by atoms with Crippen LogP contribution in [0.2, 0.25) is 0 Å². The topological polar surface area (TPSA) is 54.5 Å². The molecule has 1 amide bonds. The molecule has 5 nitrogen and oxygen atoms in total. The number of nitrogens with zero attached hydrogens (tertiary/aromatic N) is 2. The molecule has 3 aromatic rings. The number of carbonyl (C=O) groups is 1. The van der Waals surface area contributed by atoms with Gasteiger partial charge in [0, 0.05) is 16.1 Å². The van der Waals surface area contributed by atoms with Crippen LogP contribution < -0.4 is 10.1 Å². The highest BCUT2D eigenvalue weighted by Crippen LogP contribution is 2.29. The summed E-state index contributed by atoms with van der Waals surface area (Å²) in [6.07, 6.45) is 0. The monoisotopic (exact) mass is 423 g/mol. The molecule has 0 aliphatic carbocycles. The number of carbonyl (C=O) groups excluding carboxylic acids is 1. The molecule has 3 rings (SSSR count). The average molecular weight is 424 g/mol. The number of amides is 1. The van der Waals surface area contributed by atoms with Gasteiger partial charge in [0.2, 0.25) is 5.91 Å².